The zero-order valence-electron chi connectivity index (χ0n) is 14.3. The van der Waals surface area contributed by atoms with E-state index < -0.39 is 0 Å². The van der Waals surface area contributed by atoms with Crippen molar-refractivity contribution in [3.8, 4) is 0 Å². The van der Waals surface area contributed by atoms with Crippen LogP contribution in [0.2, 0.25) is 0 Å². The summed E-state index contributed by atoms with van der Waals surface area (Å²) in [6.45, 7) is 4.07. The van der Waals surface area contributed by atoms with Gasteiger partial charge in [-0.15, -0.1) is 36.2 Å². The van der Waals surface area contributed by atoms with Crippen molar-refractivity contribution in [3.63, 3.8) is 0 Å². The lowest BCUT2D eigenvalue weighted by atomic mass is 10.1. The quantitative estimate of drug-likeness (QED) is 0.856. The van der Waals surface area contributed by atoms with Gasteiger partial charge in [0.1, 0.15) is 5.69 Å². The van der Waals surface area contributed by atoms with Gasteiger partial charge in [0.2, 0.25) is 0 Å². The Kier molecular flexibility index (Phi) is 8.15. The molecule has 0 saturated heterocycles. The van der Waals surface area contributed by atoms with E-state index in [1.165, 1.54) is 22.6 Å². The molecule has 2 aromatic rings. The molecule has 138 valence electrons. The molecule has 0 aliphatic carbocycles. The van der Waals surface area contributed by atoms with E-state index >= 15 is 0 Å². The van der Waals surface area contributed by atoms with E-state index in [4.69, 9.17) is 5.73 Å². The van der Waals surface area contributed by atoms with Gasteiger partial charge in [-0.05, 0) is 25.1 Å². The number of anilines is 1. The molecule has 1 aliphatic heterocycles. The molecule has 3 rings (SSSR count). The zero-order chi connectivity index (χ0) is 16.4. The monoisotopic (exact) mass is 402 g/mol. The summed E-state index contributed by atoms with van der Waals surface area (Å²) >= 11 is 1.51. The highest BCUT2D eigenvalue weighted by molar-refractivity contribution is 7.09. The molecule has 2 heterocycles. The number of hydrogen-bond acceptors (Lipinski definition) is 5. The first kappa shape index (κ1) is 21.7. The van der Waals surface area contributed by atoms with Crippen LogP contribution in [-0.4, -0.2) is 42.0 Å². The molecule has 1 unspecified atom stereocenters. The minimum Gasteiger partial charge on any atom is -0.372 e. The molecular formula is C17H24Cl2N4OS. The van der Waals surface area contributed by atoms with E-state index in [2.05, 4.69) is 36.0 Å². The fourth-order valence-corrected chi connectivity index (χ4v) is 3.80. The van der Waals surface area contributed by atoms with Crippen molar-refractivity contribution < 1.29 is 4.79 Å². The molecule has 25 heavy (non-hydrogen) atoms. The Balaban J connectivity index is 0.00000156. The second-order valence-electron chi connectivity index (χ2n) is 5.96. The van der Waals surface area contributed by atoms with E-state index in [9.17, 15) is 4.79 Å². The summed E-state index contributed by atoms with van der Waals surface area (Å²) in [4.78, 5) is 21.5. The van der Waals surface area contributed by atoms with Gasteiger partial charge in [-0.3, -0.25) is 4.79 Å². The molecule has 2 N–H and O–H groups in total. The maximum atomic E-state index is 12.9. The van der Waals surface area contributed by atoms with Crippen LogP contribution in [0.4, 0.5) is 5.69 Å². The maximum Gasteiger partial charge on any atom is 0.273 e. The molecule has 1 amide bonds. The molecule has 0 spiro atoms. The van der Waals surface area contributed by atoms with Crippen molar-refractivity contribution in [2.45, 2.75) is 25.9 Å². The summed E-state index contributed by atoms with van der Waals surface area (Å²) in [5.41, 5.74) is 8.46. The zero-order valence-corrected chi connectivity index (χ0v) is 16.8. The van der Waals surface area contributed by atoms with Crippen molar-refractivity contribution in [2.24, 2.45) is 5.73 Å². The Hall–Kier alpha value is -1.34. The molecule has 0 radical (unpaired) electrons. The highest BCUT2D eigenvalue weighted by Gasteiger charge is 2.28. The largest absolute Gasteiger partial charge is 0.372 e. The van der Waals surface area contributed by atoms with Gasteiger partial charge < -0.3 is 15.5 Å². The number of para-hydroxylation sites is 1. The van der Waals surface area contributed by atoms with Crippen LogP contribution in [-0.2, 0) is 13.0 Å². The summed E-state index contributed by atoms with van der Waals surface area (Å²) in [5.74, 6) is 0.00197. The third-order valence-electron chi connectivity index (χ3n) is 4.20. The van der Waals surface area contributed by atoms with Crippen LogP contribution in [0.3, 0.4) is 0 Å². The highest BCUT2D eigenvalue weighted by Crippen LogP contribution is 2.27. The molecule has 1 aromatic heterocycles. The van der Waals surface area contributed by atoms with E-state index in [1.807, 2.05) is 22.4 Å². The molecular weight excluding hydrogens is 379 g/mol. The average Bonchev–Trinajstić information content (AvgIpc) is 2.96. The number of fused-ring (bicyclic) bond motifs is 1. The predicted molar refractivity (Wildman–Crippen MR) is 108 cm³/mol. The summed E-state index contributed by atoms with van der Waals surface area (Å²) in [5, 5.41) is 2.77. The molecule has 5 nitrogen and oxygen atoms in total. The molecule has 8 heteroatoms. The standard InChI is InChI=1S/C17H22N4OS.2ClH/c1-12-9-20(2)15-6-4-3-5-13(15)10-21(12)17(22)14-11-23-16(19-14)7-8-18;;/h3-6,11-12H,7-10,18H2,1-2H3;2*1H. The number of aromatic nitrogens is 1. The van der Waals surface area contributed by atoms with E-state index in [1.54, 1.807) is 0 Å². The van der Waals surface area contributed by atoms with Gasteiger partial charge >= 0.3 is 0 Å². The number of likely N-dealkylation sites (N-methyl/N-ethyl adjacent to an activating group) is 1. The Morgan fingerprint density at radius 1 is 1.36 bits per heavy atom. The first-order valence-electron chi connectivity index (χ1n) is 7.84. The van der Waals surface area contributed by atoms with Gasteiger partial charge in [0, 0.05) is 43.7 Å². The number of amides is 1. The van der Waals surface area contributed by atoms with Gasteiger partial charge in [0.15, 0.2) is 0 Å². The van der Waals surface area contributed by atoms with Gasteiger partial charge in [-0.2, -0.15) is 0 Å². The number of thiazole rings is 1. The third kappa shape index (κ3) is 4.64. The number of halogens is 2. The smallest absolute Gasteiger partial charge is 0.273 e. The molecule has 1 atom stereocenters. The van der Waals surface area contributed by atoms with Gasteiger partial charge in [0.05, 0.1) is 5.01 Å². The molecule has 0 fully saturated rings. The number of carbonyl (C=O) groups is 1. The van der Waals surface area contributed by atoms with Crippen LogP contribution in [0.1, 0.15) is 28.0 Å². The summed E-state index contributed by atoms with van der Waals surface area (Å²) in [6.07, 6.45) is 0.721. The molecule has 1 aliphatic rings. The van der Waals surface area contributed by atoms with Crippen molar-refractivity contribution >= 4 is 47.7 Å². The predicted octanol–water partition coefficient (Wildman–Crippen LogP) is 2.97. The number of nitrogens with two attached hydrogens (primary N) is 1. The SMILES string of the molecule is CC1CN(C)c2ccccc2CN1C(=O)c1csc(CCN)n1.Cl.Cl. The van der Waals surface area contributed by atoms with Gasteiger partial charge in [-0.1, -0.05) is 18.2 Å². The Labute approximate surface area is 165 Å². The Morgan fingerprint density at radius 2 is 2.08 bits per heavy atom. The third-order valence-corrected chi connectivity index (χ3v) is 5.11. The van der Waals surface area contributed by atoms with E-state index in [-0.39, 0.29) is 36.8 Å². The normalized spacial score (nSPS) is 16.4. The van der Waals surface area contributed by atoms with Crippen molar-refractivity contribution in [3.05, 3.63) is 45.9 Å². The first-order valence-corrected chi connectivity index (χ1v) is 8.72. The number of nitrogens with zero attached hydrogens (tertiary/aromatic N) is 3. The van der Waals surface area contributed by atoms with Gasteiger partial charge in [0.25, 0.3) is 5.91 Å². The Bertz CT molecular complexity index is 709. The fourth-order valence-electron chi connectivity index (χ4n) is 3.02. The number of rotatable bonds is 3. The summed E-state index contributed by atoms with van der Waals surface area (Å²) in [6, 6.07) is 8.38. The Morgan fingerprint density at radius 3 is 2.80 bits per heavy atom. The van der Waals surface area contributed by atoms with Crippen molar-refractivity contribution in [1.29, 1.82) is 0 Å². The first-order chi connectivity index (χ1) is 11.1. The average molecular weight is 403 g/mol. The lowest BCUT2D eigenvalue weighted by molar-refractivity contribution is 0.0682. The lowest BCUT2D eigenvalue weighted by Crippen LogP contribution is -2.42. The highest BCUT2D eigenvalue weighted by atomic mass is 35.5. The van der Waals surface area contributed by atoms with E-state index in [0.29, 0.717) is 18.8 Å². The lowest BCUT2D eigenvalue weighted by Gasteiger charge is -2.28. The number of carbonyl (C=O) groups excluding carboxylic acids is 1. The van der Waals surface area contributed by atoms with Crippen LogP contribution in [0, 0.1) is 0 Å². The minimum atomic E-state index is 0. The second kappa shape index (κ2) is 9.38. The summed E-state index contributed by atoms with van der Waals surface area (Å²) in [7, 11) is 2.07. The number of benzene rings is 1. The van der Waals surface area contributed by atoms with Crippen LogP contribution in [0.25, 0.3) is 0 Å². The maximum absolute atomic E-state index is 12.9. The van der Waals surface area contributed by atoms with Crippen molar-refractivity contribution in [1.82, 2.24) is 9.88 Å². The fraction of sp³-hybridized carbons (Fsp3) is 0.412. The second-order valence-corrected chi connectivity index (χ2v) is 6.90. The van der Waals surface area contributed by atoms with Crippen LogP contribution < -0.4 is 10.6 Å². The van der Waals surface area contributed by atoms with Gasteiger partial charge in [-0.25, -0.2) is 4.98 Å². The molecule has 0 saturated carbocycles. The minimum absolute atomic E-state index is 0. The van der Waals surface area contributed by atoms with Crippen LogP contribution in [0.15, 0.2) is 29.6 Å². The van der Waals surface area contributed by atoms with E-state index in [0.717, 1.165) is 18.0 Å². The molecule has 1 aromatic carbocycles. The van der Waals surface area contributed by atoms with Crippen LogP contribution >= 0.6 is 36.2 Å². The summed E-state index contributed by atoms with van der Waals surface area (Å²) < 4.78 is 0. The van der Waals surface area contributed by atoms with Crippen LogP contribution in [0.5, 0.6) is 0 Å². The molecule has 0 bridgehead atoms. The van der Waals surface area contributed by atoms with Crippen molar-refractivity contribution in [2.75, 3.05) is 25.0 Å². The topological polar surface area (TPSA) is 62.5 Å². The number of hydrogen-bond donors (Lipinski definition) is 1.